The summed E-state index contributed by atoms with van der Waals surface area (Å²) in [6.45, 7) is 2.78. The third-order valence-corrected chi connectivity index (χ3v) is 8.46. The molecule has 3 aromatic rings. The fraction of sp³-hybridized carbons (Fsp3) is 0.500. The number of nitriles is 1. The number of aromatic nitrogens is 4. The van der Waals surface area contributed by atoms with Crippen LogP contribution in [0, 0.1) is 11.3 Å². The van der Waals surface area contributed by atoms with E-state index >= 15 is 0 Å². The Morgan fingerprint density at radius 1 is 1.40 bits per heavy atom. The van der Waals surface area contributed by atoms with Gasteiger partial charge in [-0.05, 0) is 25.8 Å². The maximum atomic E-state index is 13.3. The van der Waals surface area contributed by atoms with Gasteiger partial charge in [-0.1, -0.05) is 11.3 Å². The van der Waals surface area contributed by atoms with Crippen LogP contribution in [0.3, 0.4) is 0 Å². The number of halogens is 2. The predicted molar refractivity (Wildman–Crippen MR) is 123 cm³/mol. The van der Waals surface area contributed by atoms with E-state index < -0.39 is 27.0 Å². The number of piperazine rings is 1. The Balaban J connectivity index is 1.66. The number of imidazole rings is 1. The van der Waals surface area contributed by atoms with E-state index in [1.54, 1.807) is 0 Å². The second-order valence-corrected chi connectivity index (χ2v) is 11.5. The van der Waals surface area contributed by atoms with Crippen molar-refractivity contribution < 1.29 is 22.3 Å². The van der Waals surface area contributed by atoms with Crippen LogP contribution in [0.15, 0.2) is 23.4 Å². The first kappa shape index (κ1) is 23.9. The minimum absolute atomic E-state index is 0.00631. The van der Waals surface area contributed by atoms with Gasteiger partial charge in [0.15, 0.2) is 15.8 Å². The maximum absolute atomic E-state index is 13.3. The molecule has 0 radical (unpaired) electrons. The third-order valence-electron chi connectivity index (χ3n) is 6.03. The molecule has 5 rings (SSSR count). The van der Waals surface area contributed by atoms with Crippen LogP contribution in [0.1, 0.15) is 31.2 Å². The first-order chi connectivity index (χ1) is 16.6. The molecule has 2 fully saturated rings. The number of hydrogen-bond acceptors (Lipinski definition) is 10. The first-order valence-electron chi connectivity index (χ1n) is 10.8. The molecule has 0 spiro atoms. The molecule has 0 bridgehead atoms. The Morgan fingerprint density at radius 3 is 2.80 bits per heavy atom. The molecule has 0 unspecified atom stereocenters. The fourth-order valence-electron chi connectivity index (χ4n) is 4.19. The van der Waals surface area contributed by atoms with E-state index in [1.165, 1.54) is 22.9 Å². The van der Waals surface area contributed by atoms with Crippen LogP contribution in [0.5, 0.6) is 0 Å². The van der Waals surface area contributed by atoms with Crippen molar-refractivity contribution in [2.24, 2.45) is 0 Å². The number of hydrogen-bond donors (Lipinski definition) is 3. The Morgan fingerprint density at radius 2 is 2.17 bits per heavy atom. The summed E-state index contributed by atoms with van der Waals surface area (Å²) in [5.74, 6) is 0.172. The van der Waals surface area contributed by atoms with Gasteiger partial charge in [-0.15, -0.1) is 10.2 Å². The lowest BCUT2D eigenvalue weighted by atomic mass is 10.1. The van der Waals surface area contributed by atoms with Gasteiger partial charge in [0.2, 0.25) is 10.0 Å². The van der Waals surface area contributed by atoms with Crippen molar-refractivity contribution in [2.75, 3.05) is 24.6 Å². The van der Waals surface area contributed by atoms with Crippen molar-refractivity contribution in [3.63, 3.8) is 0 Å². The average molecular weight is 525 g/mol. The van der Waals surface area contributed by atoms with Crippen LogP contribution >= 0.6 is 11.3 Å². The number of sulfonamides is 1. The Bertz CT molecular complexity index is 1410. The van der Waals surface area contributed by atoms with Gasteiger partial charge in [0.1, 0.15) is 10.4 Å². The monoisotopic (exact) mass is 524 g/mol. The number of aliphatic hydroxyl groups is 1. The summed E-state index contributed by atoms with van der Waals surface area (Å²) < 4.78 is 56.7. The normalized spacial score (nSPS) is 22.0. The quantitative estimate of drug-likeness (QED) is 0.416. The van der Waals surface area contributed by atoms with E-state index in [1.807, 2.05) is 17.9 Å². The second-order valence-electron chi connectivity index (χ2n) is 8.80. The Hall–Kier alpha value is -2.77. The van der Waals surface area contributed by atoms with Gasteiger partial charge in [-0.2, -0.15) is 9.98 Å². The molecule has 3 aromatic heterocycles. The molecule has 2 aliphatic rings. The molecular weight excluding hydrogens is 502 g/mol. The highest BCUT2D eigenvalue weighted by atomic mass is 32.2. The molecule has 35 heavy (non-hydrogen) atoms. The predicted octanol–water partition coefficient (Wildman–Crippen LogP) is 1.28. The minimum Gasteiger partial charge on any atom is -0.395 e. The minimum atomic E-state index is -4.10. The van der Waals surface area contributed by atoms with E-state index in [4.69, 9.17) is 0 Å². The van der Waals surface area contributed by atoms with Crippen LogP contribution in [0.25, 0.3) is 16.3 Å². The lowest BCUT2D eigenvalue weighted by Gasteiger charge is -2.38. The largest absolute Gasteiger partial charge is 0.395 e. The van der Waals surface area contributed by atoms with E-state index in [-0.39, 0.29) is 34.4 Å². The summed E-state index contributed by atoms with van der Waals surface area (Å²) in [6.07, 6.45) is 0.916. The number of fused-ring (bicyclic) bond motifs is 1. The highest BCUT2D eigenvalue weighted by Crippen LogP contribution is 2.37. The van der Waals surface area contributed by atoms with E-state index in [0.717, 1.165) is 0 Å². The van der Waals surface area contributed by atoms with Crippen molar-refractivity contribution in [1.29, 1.82) is 5.26 Å². The summed E-state index contributed by atoms with van der Waals surface area (Å²) in [5.41, 5.74) is -0.0402. The number of anilines is 1. The van der Waals surface area contributed by atoms with Gasteiger partial charge < -0.3 is 15.3 Å². The van der Waals surface area contributed by atoms with E-state index in [9.17, 15) is 27.6 Å². The molecule has 15 heteroatoms. The molecule has 3 N–H and O–H groups in total. The standard InChI is InChI=1S/C20H22F2N8O3S2/c1-11-6-29(7-12(9-31)25-11)14-4-13(35(32,33)28-20(10-23)2-3-20)8-30-15(14)5-24-17(30)19-27-26-18(34-19)16(21)22/h4-5,8,11-12,16,25,28,31H,2-3,6-7,9H2,1H3/t11-,12+/m0/s1. The molecule has 1 aliphatic heterocycles. The Labute approximate surface area is 203 Å². The molecule has 0 aromatic carbocycles. The van der Waals surface area contributed by atoms with Gasteiger partial charge in [0.05, 0.1) is 30.1 Å². The number of alkyl halides is 2. The number of nitrogens with zero attached hydrogens (tertiary/aromatic N) is 6. The highest BCUT2D eigenvalue weighted by Gasteiger charge is 2.47. The molecule has 1 saturated heterocycles. The van der Waals surface area contributed by atoms with Crippen LogP contribution in [0.4, 0.5) is 14.5 Å². The first-order valence-corrected chi connectivity index (χ1v) is 13.1. The zero-order chi connectivity index (χ0) is 25.0. The van der Waals surface area contributed by atoms with Crippen LogP contribution in [-0.4, -0.2) is 70.4 Å². The molecule has 186 valence electrons. The zero-order valence-corrected chi connectivity index (χ0v) is 20.2. The lowest BCUT2D eigenvalue weighted by molar-refractivity contribution is 0.150. The molecule has 1 aliphatic carbocycles. The molecule has 11 nitrogen and oxygen atoms in total. The van der Waals surface area contributed by atoms with Gasteiger partial charge in [0, 0.05) is 31.4 Å². The molecule has 0 amide bonds. The smallest absolute Gasteiger partial charge is 0.291 e. The molecule has 1 saturated carbocycles. The van der Waals surface area contributed by atoms with Crippen molar-refractivity contribution >= 4 is 32.6 Å². The lowest BCUT2D eigenvalue weighted by Crippen LogP contribution is -2.57. The van der Waals surface area contributed by atoms with Crippen LogP contribution in [-0.2, 0) is 10.0 Å². The summed E-state index contributed by atoms with van der Waals surface area (Å²) >= 11 is 0.676. The molecule has 2 atom stereocenters. The van der Waals surface area contributed by atoms with Crippen LogP contribution < -0.4 is 14.9 Å². The van der Waals surface area contributed by atoms with Crippen molar-refractivity contribution in [2.45, 2.75) is 48.7 Å². The summed E-state index contributed by atoms with van der Waals surface area (Å²) in [4.78, 5) is 6.19. The third kappa shape index (κ3) is 4.47. The molecule has 4 heterocycles. The highest BCUT2D eigenvalue weighted by molar-refractivity contribution is 7.89. The second kappa shape index (κ2) is 8.71. The summed E-state index contributed by atoms with van der Waals surface area (Å²) in [7, 11) is -4.10. The maximum Gasteiger partial charge on any atom is 0.291 e. The van der Waals surface area contributed by atoms with Crippen molar-refractivity contribution in [3.8, 4) is 16.9 Å². The van der Waals surface area contributed by atoms with Crippen molar-refractivity contribution in [1.82, 2.24) is 29.6 Å². The van der Waals surface area contributed by atoms with Gasteiger partial charge in [-0.3, -0.25) is 4.40 Å². The van der Waals surface area contributed by atoms with Gasteiger partial charge in [-0.25, -0.2) is 22.2 Å². The summed E-state index contributed by atoms with van der Waals surface area (Å²) in [6, 6.07) is 3.30. The Kier molecular flexibility index (Phi) is 5.96. The fourth-order valence-corrected chi connectivity index (χ4v) is 6.28. The van der Waals surface area contributed by atoms with Gasteiger partial charge >= 0.3 is 0 Å². The zero-order valence-electron chi connectivity index (χ0n) is 18.5. The van der Waals surface area contributed by atoms with E-state index in [2.05, 4.69) is 25.2 Å². The number of pyridine rings is 1. The van der Waals surface area contributed by atoms with Crippen molar-refractivity contribution in [3.05, 3.63) is 23.5 Å². The topological polar surface area (TPSA) is 149 Å². The number of aliphatic hydroxyl groups excluding tert-OH is 1. The SMILES string of the molecule is C[C@H]1CN(c2cc(S(=O)(=O)NC3(C#N)CC3)cn3c(-c4nnc(C(F)F)s4)ncc23)C[C@H](CO)N1. The average Bonchev–Trinajstić information content (AvgIpc) is 3.21. The van der Waals surface area contributed by atoms with E-state index in [0.29, 0.717) is 48.5 Å². The van der Waals surface area contributed by atoms with Gasteiger partial charge in [0.25, 0.3) is 6.43 Å². The number of rotatable bonds is 7. The van der Waals surface area contributed by atoms with Crippen LogP contribution in [0.2, 0.25) is 0 Å². The molecular formula is C20H22F2N8O3S2. The number of nitrogens with one attached hydrogen (secondary N) is 2. The summed E-state index contributed by atoms with van der Waals surface area (Å²) in [5, 5.41) is 29.4.